The summed E-state index contributed by atoms with van der Waals surface area (Å²) in [4.78, 5) is 13.4. The molecule has 0 saturated carbocycles. The lowest BCUT2D eigenvalue weighted by Gasteiger charge is -2.28. The third-order valence-electron chi connectivity index (χ3n) is 2.94. The lowest BCUT2D eigenvalue weighted by Crippen LogP contribution is -2.48. The second-order valence-electron chi connectivity index (χ2n) is 4.07. The van der Waals surface area contributed by atoms with Gasteiger partial charge in [-0.25, -0.2) is 0 Å². The largest absolute Gasteiger partial charge is 0.341 e. The number of rotatable bonds is 5. The zero-order valence-electron chi connectivity index (χ0n) is 10.0. The van der Waals surface area contributed by atoms with Crippen molar-refractivity contribution in [3.8, 4) is 6.07 Å². The number of nitrogens with two attached hydrogens (primary N) is 1. The summed E-state index contributed by atoms with van der Waals surface area (Å²) in [5.74, 6) is 0.0985. The normalized spacial score (nSPS) is 16.3. The van der Waals surface area contributed by atoms with Gasteiger partial charge in [0.05, 0.1) is 18.5 Å². The van der Waals surface area contributed by atoms with Crippen molar-refractivity contribution in [3.63, 3.8) is 0 Å². The van der Waals surface area contributed by atoms with Gasteiger partial charge in [-0.15, -0.1) is 0 Å². The maximum Gasteiger partial charge on any atom is 0.239 e. The lowest BCUT2D eigenvalue weighted by atomic mass is 9.98. The molecule has 0 aromatic rings. The van der Waals surface area contributed by atoms with Crippen LogP contribution in [0.25, 0.3) is 0 Å². The number of nitriles is 1. The Labute approximate surface area is 92.0 Å². The maximum absolute atomic E-state index is 11.9. The van der Waals surface area contributed by atoms with Gasteiger partial charge >= 0.3 is 0 Å². The van der Waals surface area contributed by atoms with Crippen LogP contribution in [-0.4, -0.2) is 29.9 Å². The molecule has 0 saturated heterocycles. The van der Waals surface area contributed by atoms with Crippen LogP contribution in [0.4, 0.5) is 0 Å². The van der Waals surface area contributed by atoms with Crippen molar-refractivity contribution in [2.45, 2.75) is 45.7 Å². The van der Waals surface area contributed by atoms with E-state index in [2.05, 4.69) is 6.07 Å². The average molecular weight is 211 g/mol. The molecule has 0 radical (unpaired) electrons. The van der Waals surface area contributed by atoms with E-state index >= 15 is 0 Å². The molecule has 86 valence electrons. The fraction of sp³-hybridized carbons (Fsp3) is 0.818. The number of carbonyl (C=O) groups is 1. The predicted octanol–water partition coefficient (Wildman–Crippen LogP) is 1.12. The summed E-state index contributed by atoms with van der Waals surface area (Å²) in [7, 11) is 1.70. The minimum atomic E-state index is -0.457. The van der Waals surface area contributed by atoms with Crippen molar-refractivity contribution in [2.75, 3.05) is 7.05 Å². The Kier molecular flexibility index (Phi) is 5.95. The summed E-state index contributed by atoms with van der Waals surface area (Å²) < 4.78 is 0. The van der Waals surface area contributed by atoms with E-state index in [1.165, 1.54) is 0 Å². The summed E-state index contributed by atoms with van der Waals surface area (Å²) in [5, 5.41) is 8.54. The molecule has 15 heavy (non-hydrogen) atoms. The number of nitrogens with zero attached hydrogens (tertiary/aromatic N) is 2. The molecule has 3 atom stereocenters. The monoisotopic (exact) mass is 211 g/mol. The van der Waals surface area contributed by atoms with Gasteiger partial charge in [-0.1, -0.05) is 20.3 Å². The topological polar surface area (TPSA) is 70.1 Å². The van der Waals surface area contributed by atoms with Crippen LogP contribution in [0, 0.1) is 17.2 Å². The highest BCUT2D eigenvalue weighted by Crippen LogP contribution is 2.10. The van der Waals surface area contributed by atoms with E-state index in [1.807, 2.05) is 20.8 Å². The van der Waals surface area contributed by atoms with Crippen LogP contribution >= 0.6 is 0 Å². The van der Waals surface area contributed by atoms with Crippen LogP contribution in [0.5, 0.6) is 0 Å². The molecule has 3 unspecified atom stereocenters. The Morgan fingerprint density at radius 3 is 2.47 bits per heavy atom. The first-order valence-corrected chi connectivity index (χ1v) is 5.34. The smallest absolute Gasteiger partial charge is 0.239 e. The van der Waals surface area contributed by atoms with Crippen molar-refractivity contribution in [2.24, 2.45) is 11.7 Å². The first-order chi connectivity index (χ1) is 6.95. The van der Waals surface area contributed by atoms with Gasteiger partial charge in [-0.2, -0.15) is 5.26 Å². The van der Waals surface area contributed by atoms with Crippen LogP contribution in [-0.2, 0) is 4.79 Å². The standard InChI is InChI=1S/C11H21N3O/c1-5-8(2)10(13)11(15)14(4)9(3)6-7-12/h8-10H,5-6,13H2,1-4H3. The van der Waals surface area contributed by atoms with Gasteiger partial charge in [-0.3, -0.25) is 4.79 Å². The highest BCUT2D eigenvalue weighted by Gasteiger charge is 2.25. The Morgan fingerprint density at radius 2 is 2.07 bits per heavy atom. The van der Waals surface area contributed by atoms with Gasteiger partial charge in [0.15, 0.2) is 0 Å². The van der Waals surface area contributed by atoms with Crippen LogP contribution in [0.2, 0.25) is 0 Å². The minimum Gasteiger partial charge on any atom is -0.341 e. The van der Waals surface area contributed by atoms with E-state index in [-0.39, 0.29) is 17.9 Å². The van der Waals surface area contributed by atoms with Gasteiger partial charge in [0, 0.05) is 13.1 Å². The summed E-state index contributed by atoms with van der Waals surface area (Å²) in [5.41, 5.74) is 5.83. The van der Waals surface area contributed by atoms with Crippen molar-refractivity contribution >= 4 is 5.91 Å². The molecular formula is C11H21N3O. The average Bonchev–Trinajstić information content (AvgIpc) is 2.25. The van der Waals surface area contributed by atoms with Crippen molar-refractivity contribution in [1.29, 1.82) is 5.26 Å². The summed E-state index contributed by atoms with van der Waals surface area (Å²) in [6.07, 6.45) is 1.23. The highest BCUT2D eigenvalue weighted by atomic mass is 16.2. The number of hydrogen-bond acceptors (Lipinski definition) is 3. The first kappa shape index (κ1) is 13.9. The molecular weight excluding hydrogens is 190 g/mol. The van der Waals surface area contributed by atoms with Crippen LogP contribution in [0.1, 0.15) is 33.6 Å². The Hall–Kier alpha value is -1.08. The van der Waals surface area contributed by atoms with Gasteiger partial charge in [0.1, 0.15) is 0 Å². The van der Waals surface area contributed by atoms with E-state index in [0.29, 0.717) is 6.42 Å². The second kappa shape index (κ2) is 6.41. The summed E-state index contributed by atoms with van der Waals surface area (Å²) in [6, 6.07) is 1.52. The fourth-order valence-electron chi connectivity index (χ4n) is 1.22. The molecule has 4 heteroatoms. The molecule has 0 rings (SSSR count). The molecule has 0 aromatic carbocycles. The number of hydrogen-bond donors (Lipinski definition) is 1. The molecule has 0 fully saturated rings. The van der Waals surface area contributed by atoms with Crippen LogP contribution < -0.4 is 5.73 Å². The SMILES string of the molecule is CCC(C)C(N)C(=O)N(C)C(C)CC#N. The lowest BCUT2D eigenvalue weighted by molar-refractivity contribution is -0.134. The summed E-state index contributed by atoms with van der Waals surface area (Å²) in [6.45, 7) is 5.83. The Morgan fingerprint density at radius 1 is 1.53 bits per heavy atom. The molecule has 0 aliphatic rings. The van der Waals surface area contributed by atoms with E-state index in [4.69, 9.17) is 11.0 Å². The van der Waals surface area contributed by atoms with Crippen LogP contribution in [0.15, 0.2) is 0 Å². The van der Waals surface area contributed by atoms with Gasteiger partial charge in [0.2, 0.25) is 5.91 Å². The van der Waals surface area contributed by atoms with E-state index in [1.54, 1.807) is 11.9 Å². The minimum absolute atomic E-state index is 0.0717. The van der Waals surface area contributed by atoms with Crippen molar-refractivity contribution < 1.29 is 4.79 Å². The van der Waals surface area contributed by atoms with Gasteiger partial charge in [0.25, 0.3) is 0 Å². The molecule has 0 spiro atoms. The molecule has 4 nitrogen and oxygen atoms in total. The second-order valence-corrected chi connectivity index (χ2v) is 4.07. The fourth-order valence-corrected chi connectivity index (χ4v) is 1.22. The number of carbonyl (C=O) groups excluding carboxylic acids is 1. The summed E-state index contributed by atoms with van der Waals surface area (Å²) >= 11 is 0. The molecule has 0 bridgehead atoms. The highest BCUT2D eigenvalue weighted by molar-refractivity contribution is 5.82. The zero-order valence-corrected chi connectivity index (χ0v) is 10.0. The van der Waals surface area contributed by atoms with Gasteiger partial charge < -0.3 is 10.6 Å². The Balaban J connectivity index is 4.38. The van der Waals surface area contributed by atoms with E-state index in [0.717, 1.165) is 6.42 Å². The van der Waals surface area contributed by atoms with Crippen molar-refractivity contribution in [3.05, 3.63) is 0 Å². The molecule has 0 aliphatic heterocycles. The van der Waals surface area contributed by atoms with Crippen LogP contribution in [0.3, 0.4) is 0 Å². The third kappa shape index (κ3) is 3.88. The van der Waals surface area contributed by atoms with Gasteiger partial charge in [-0.05, 0) is 12.8 Å². The number of likely N-dealkylation sites (N-methyl/N-ethyl adjacent to an activating group) is 1. The van der Waals surface area contributed by atoms with E-state index in [9.17, 15) is 4.79 Å². The molecule has 0 aromatic heterocycles. The number of amides is 1. The quantitative estimate of drug-likeness (QED) is 0.740. The first-order valence-electron chi connectivity index (χ1n) is 5.34. The molecule has 0 aliphatic carbocycles. The van der Waals surface area contributed by atoms with E-state index < -0.39 is 6.04 Å². The third-order valence-corrected chi connectivity index (χ3v) is 2.94. The maximum atomic E-state index is 11.9. The predicted molar refractivity (Wildman–Crippen MR) is 59.9 cm³/mol. The molecule has 0 heterocycles. The molecule has 2 N–H and O–H groups in total. The van der Waals surface area contributed by atoms with Crippen molar-refractivity contribution in [1.82, 2.24) is 4.90 Å². The zero-order chi connectivity index (χ0) is 12.0. The molecule has 1 amide bonds. The Bertz CT molecular complexity index is 247.